The third-order valence-corrected chi connectivity index (χ3v) is 5.65. The Morgan fingerprint density at radius 3 is 2.95 bits per heavy atom. The summed E-state index contributed by atoms with van der Waals surface area (Å²) >= 11 is 3.68. The summed E-state index contributed by atoms with van der Waals surface area (Å²) in [7, 11) is 2.29. The molecule has 3 N–H and O–H groups in total. The minimum absolute atomic E-state index is 0.636. The van der Waals surface area contributed by atoms with Gasteiger partial charge in [0.2, 0.25) is 0 Å². The van der Waals surface area contributed by atoms with E-state index in [0.717, 1.165) is 40.3 Å². The average molecular weight is 364 g/mol. The van der Waals surface area contributed by atoms with Gasteiger partial charge in [-0.3, -0.25) is 4.90 Å². The Hall–Kier alpha value is -1.27. The first kappa shape index (κ1) is 14.3. The summed E-state index contributed by atoms with van der Waals surface area (Å²) < 4.78 is 1.03. The Labute approximate surface area is 139 Å². The molecule has 0 radical (unpaired) electrons. The number of anilines is 2. The summed E-state index contributed by atoms with van der Waals surface area (Å²) in [6, 6.07) is 1.44. The summed E-state index contributed by atoms with van der Waals surface area (Å²) in [6.45, 7) is 2.15. The molecule has 2 aromatic rings. The molecule has 0 unspecified atom stereocenters. The highest BCUT2D eigenvalue weighted by Gasteiger charge is 2.34. The molecule has 1 atom stereocenters. The second kappa shape index (κ2) is 5.42. The van der Waals surface area contributed by atoms with Crippen LogP contribution in [0.2, 0.25) is 0 Å². The van der Waals surface area contributed by atoms with E-state index >= 15 is 0 Å². The Morgan fingerprint density at radius 2 is 2.18 bits per heavy atom. The van der Waals surface area contributed by atoms with E-state index in [2.05, 4.69) is 42.7 Å². The van der Waals surface area contributed by atoms with Crippen molar-refractivity contribution in [3.05, 3.63) is 16.9 Å². The van der Waals surface area contributed by atoms with Gasteiger partial charge in [0.05, 0.1) is 21.2 Å². The van der Waals surface area contributed by atoms with E-state index < -0.39 is 0 Å². The van der Waals surface area contributed by atoms with Gasteiger partial charge >= 0.3 is 0 Å². The minimum Gasteiger partial charge on any atom is -0.397 e. The summed E-state index contributed by atoms with van der Waals surface area (Å²) in [5.41, 5.74) is 9.01. The molecule has 118 valence electrons. The Balaban J connectivity index is 1.68. The molecule has 5 nitrogen and oxygen atoms in total. The SMILES string of the molecule is CN(C1CC1)[C@@H]1CCCN(c2c(Br)cnc3[nH]cc(N)c23)C1. The van der Waals surface area contributed by atoms with Crippen molar-refractivity contribution in [1.29, 1.82) is 0 Å². The van der Waals surface area contributed by atoms with Crippen LogP contribution in [0, 0.1) is 0 Å². The number of nitrogen functional groups attached to an aromatic ring is 1. The molecule has 2 fully saturated rings. The van der Waals surface area contributed by atoms with Crippen LogP contribution < -0.4 is 10.6 Å². The van der Waals surface area contributed by atoms with Gasteiger partial charge in [0, 0.05) is 37.6 Å². The van der Waals surface area contributed by atoms with E-state index in [1.54, 1.807) is 0 Å². The number of fused-ring (bicyclic) bond motifs is 1. The highest BCUT2D eigenvalue weighted by molar-refractivity contribution is 9.10. The van der Waals surface area contributed by atoms with E-state index in [-0.39, 0.29) is 0 Å². The highest BCUT2D eigenvalue weighted by atomic mass is 79.9. The smallest absolute Gasteiger partial charge is 0.141 e. The summed E-state index contributed by atoms with van der Waals surface area (Å²) in [5, 5.41) is 1.05. The van der Waals surface area contributed by atoms with Crippen molar-refractivity contribution in [2.75, 3.05) is 30.8 Å². The van der Waals surface area contributed by atoms with E-state index in [0.29, 0.717) is 6.04 Å². The van der Waals surface area contributed by atoms with Gasteiger partial charge in [0.1, 0.15) is 5.65 Å². The molecule has 1 aliphatic heterocycles. The number of hydrogen-bond donors (Lipinski definition) is 2. The Kier molecular flexibility index (Phi) is 3.53. The topological polar surface area (TPSA) is 61.2 Å². The van der Waals surface area contributed by atoms with Crippen molar-refractivity contribution in [2.45, 2.75) is 37.8 Å². The fraction of sp³-hybridized carbons (Fsp3) is 0.562. The van der Waals surface area contributed by atoms with Gasteiger partial charge in [0.25, 0.3) is 0 Å². The molecule has 2 aromatic heterocycles. The van der Waals surface area contributed by atoms with Crippen molar-refractivity contribution in [3.63, 3.8) is 0 Å². The van der Waals surface area contributed by atoms with Gasteiger partial charge in [-0.05, 0) is 48.7 Å². The molecule has 6 heteroatoms. The molecule has 22 heavy (non-hydrogen) atoms. The number of H-pyrrole nitrogens is 1. The number of likely N-dealkylation sites (N-methyl/N-ethyl adjacent to an activating group) is 1. The normalized spacial score (nSPS) is 22.7. The van der Waals surface area contributed by atoms with Crippen LogP contribution in [0.4, 0.5) is 11.4 Å². The first-order valence-corrected chi connectivity index (χ1v) is 8.82. The maximum Gasteiger partial charge on any atom is 0.141 e. The fourth-order valence-electron chi connectivity index (χ4n) is 3.66. The van der Waals surface area contributed by atoms with E-state index in [1.165, 1.54) is 31.4 Å². The average Bonchev–Trinajstić information content (AvgIpc) is 3.31. The number of nitrogens with zero attached hydrogens (tertiary/aromatic N) is 3. The van der Waals surface area contributed by atoms with Crippen molar-refractivity contribution in [3.8, 4) is 0 Å². The predicted octanol–water partition coefficient (Wildman–Crippen LogP) is 2.97. The maximum absolute atomic E-state index is 6.18. The lowest BCUT2D eigenvalue weighted by atomic mass is 10.0. The predicted molar refractivity (Wildman–Crippen MR) is 94.2 cm³/mol. The molecule has 3 heterocycles. The van der Waals surface area contributed by atoms with Crippen LogP contribution in [0.1, 0.15) is 25.7 Å². The first-order valence-electron chi connectivity index (χ1n) is 8.03. The van der Waals surface area contributed by atoms with Crippen LogP contribution in [-0.2, 0) is 0 Å². The van der Waals surface area contributed by atoms with Crippen LogP contribution in [-0.4, -0.2) is 47.1 Å². The number of hydrogen-bond acceptors (Lipinski definition) is 4. The highest BCUT2D eigenvalue weighted by Crippen LogP contribution is 2.39. The van der Waals surface area contributed by atoms with Crippen LogP contribution in [0.5, 0.6) is 0 Å². The van der Waals surface area contributed by atoms with Crippen molar-refractivity contribution in [1.82, 2.24) is 14.9 Å². The monoisotopic (exact) mass is 363 g/mol. The van der Waals surface area contributed by atoms with Gasteiger partial charge in [-0.1, -0.05) is 0 Å². The molecular weight excluding hydrogens is 342 g/mol. The summed E-state index contributed by atoms with van der Waals surface area (Å²) in [6.07, 6.45) is 8.95. The Morgan fingerprint density at radius 1 is 1.36 bits per heavy atom. The number of nitrogens with two attached hydrogens (primary N) is 1. The third kappa shape index (κ3) is 2.38. The second-order valence-electron chi connectivity index (χ2n) is 6.56. The zero-order valence-corrected chi connectivity index (χ0v) is 14.4. The number of aromatic amines is 1. The standard InChI is InChI=1S/C16H22BrN5/c1-21(10-4-5-10)11-3-2-6-22(9-11)15-12(17)7-19-16-14(15)13(18)8-20-16/h7-8,10-11H,2-6,9,18H2,1H3,(H,19,20)/t11-/m1/s1. The number of piperidine rings is 1. The van der Waals surface area contributed by atoms with Crippen molar-refractivity contribution in [2.24, 2.45) is 0 Å². The minimum atomic E-state index is 0.636. The number of pyridine rings is 1. The van der Waals surface area contributed by atoms with Crippen LogP contribution in [0.15, 0.2) is 16.9 Å². The molecule has 0 amide bonds. The van der Waals surface area contributed by atoms with Gasteiger partial charge in [-0.2, -0.15) is 0 Å². The molecule has 0 spiro atoms. The second-order valence-corrected chi connectivity index (χ2v) is 7.42. The molecule has 4 rings (SSSR count). The first-order chi connectivity index (χ1) is 10.6. The molecule has 1 saturated heterocycles. The molecule has 1 aliphatic carbocycles. The number of rotatable bonds is 3. The van der Waals surface area contributed by atoms with Gasteiger partial charge < -0.3 is 15.6 Å². The lowest BCUT2D eigenvalue weighted by Gasteiger charge is -2.39. The van der Waals surface area contributed by atoms with Crippen LogP contribution in [0.25, 0.3) is 11.0 Å². The van der Waals surface area contributed by atoms with Crippen molar-refractivity contribution >= 4 is 38.3 Å². The van der Waals surface area contributed by atoms with Crippen LogP contribution in [0.3, 0.4) is 0 Å². The largest absolute Gasteiger partial charge is 0.397 e. The molecule has 1 saturated carbocycles. The maximum atomic E-state index is 6.18. The number of aromatic nitrogens is 2. The third-order valence-electron chi connectivity index (χ3n) is 5.07. The fourth-order valence-corrected chi connectivity index (χ4v) is 4.21. The van der Waals surface area contributed by atoms with E-state index in [1.807, 2.05) is 12.4 Å². The van der Waals surface area contributed by atoms with Crippen LogP contribution >= 0.6 is 15.9 Å². The zero-order chi connectivity index (χ0) is 15.3. The van der Waals surface area contributed by atoms with Gasteiger partial charge in [-0.15, -0.1) is 0 Å². The zero-order valence-electron chi connectivity index (χ0n) is 12.8. The van der Waals surface area contributed by atoms with Gasteiger partial charge in [-0.25, -0.2) is 4.98 Å². The van der Waals surface area contributed by atoms with E-state index in [9.17, 15) is 0 Å². The molecule has 0 aromatic carbocycles. The number of halogens is 1. The quantitative estimate of drug-likeness (QED) is 0.879. The van der Waals surface area contributed by atoms with Crippen molar-refractivity contribution < 1.29 is 0 Å². The summed E-state index contributed by atoms with van der Waals surface area (Å²) in [5.74, 6) is 0. The molecule has 0 bridgehead atoms. The van der Waals surface area contributed by atoms with Gasteiger partial charge in [0.15, 0.2) is 0 Å². The summed E-state index contributed by atoms with van der Waals surface area (Å²) in [4.78, 5) is 12.7. The lowest BCUT2D eigenvalue weighted by molar-refractivity contribution is 0.206. The lowest BCUT2D eigenvalue weighted by Crippen LogP contribution is -2.47. The molecular formula is C16H22BrN5. The number of nitrogens with one attached hydrogen (secondary N) is 1. The Bertz CT molecular complexity index is 693. The van der Waals surface area contributed by atoms with E-state index in [4.69, 9.17) is 5.73 Å². The molecule has 2 aliphatic rings.